The zero-order chi connectivity index (χ0) is 25.0. The molecule has 0 spiro atoms. The minimum Gasteiger partial charge on any atom is -0.293 e. The number of pyridine rings is 2. The molecule has 0 saturated carbocycles. The standard InChI is InChI=1S/C27H25N5O3S/c1-30-25-16-29-24-11-8-19(20-9-10-23(28-15-20)18-6-4-3-5-7-18)14-22(24)26(25)32(27(30)33)21-12-13-31(17-21)36(2,34)35/h3-11,14-16,21H,12-13,17H2,1-2H3. The second kappa shape index (κ2) is 8.39. The van der Waals surface area contributed by atoms with Gasteiger partial charge in [0, 0.05) is 42.8 Å². The predicted octanol–water partition coefficient (Wildman–Crippen LogP) is 3.82. The summed E-state index contributed by atoms with van der Waals surface area (Å²) in [6.45, 7) is 0.687. The summed E-state index contributed by atoms with van der Waals surface area (Å²) in [5, 5.41) is 0.854. The summed E-state index contributed by atoms with van der Waals surface area (Å²) < 4.78 is 29.0. The molecule has 2 aromatic carbocycles. The molecule has 3 aromatic heterocycles. The summed E-state index contributed by atoms with van der Waals surface area (Å²) in [4.78, 5) is 22.6. The van der Waals surface area contributed by atoms with Crippen LogP contribution in [-0.4, -0.2) is 51.2 Å². The van der Waals surface area contributed by atoms with Crippen LogP contribution >= 0.6 is 0 Å². The van der Waals surface area contributed by atoms with E-state index in [0.29, 0.717) is 13.0 Å². The Morgan fingerprint density at radius 2 is 1.69 bits per heavy atom. The van der Waals surface area contributed by atoms with E-state index in [2.05, 4.69) is 9.97 Å². The molecule has 182 valence electrons. The lowest BCUT2D eigenvalue weighted by Crippen LogP contribution is -2.31. The zero-order valence-electron chi connectivity index (χ0n) is 20.0. The molecule has 1 aliphatic rings. The summed E-state index contributed by atoms with van der Waals surface area (Å²) in [6, 6.07) is 19.8. The van der Waals surface area contributed by atoms with Crippen molar-refractivity contribution >= 4 is 32.0 Å². The maximum Gasteiger partial charge on any atom is 0.329 e. The third kappa shape index (κ3) is 3.71. The van der Waals surface area contributed by atoms with Gasteiger partial charge in [0.15, 0.2) is 0 Å². The highest BCUT2D eigenvalue weighted by Gasteiger charge is 2.32. The summed E-state index contributed by atoms with van der Waals surface area (Å²) in [5.41, 5.74) is 6.00. The topological polar surface area (TPSA) is 90.1 Å². The van der Waals surface area contributed by atoms with E-state index >= 15 is 0 Å². The molecule has 36 heavy (non-hydrogen) atoms. The van der Waals surface area contributed by atoms with Gasteiger partial charge in [0.05, 0.1) is 40.7 Å². The SMILES string of the molecule is Cn1c(=O)n(C2CCN(S(C)(=O)=O)C2)c2c3cc(-c4ccc(-c5ccccc5)nc4)ccc3ncc21. The molecule has 8 nitrogen and oxygen atoms in total. The number of benzene rings is 2. The number of imidazole rings is 1. The first-order valence-electron chi connectivity index (χ1n) is 11.8. The average molecular weight is 500 g/mol. The molecule has 0 aliphatic carbocycles. The van der Waals surface area contributed by atoms with E-state index in [-0.39, 0.29) is 18.3 Å². The van der Waals surface area contributed by atoms with Gasteiger partial charge in [-0.3, -0.25) is 19.1 Å². The van der Waals surface area contributed by atoms with Crippen LogP contribution in [0.25, 0.3) is 44.3 Å². The predicted molar refractivity (Wildman–Crippen MR) is 141 cm³/mol. The first-order chi connectivity index (χ1) is 17.3. The molecule has 0 amide bonds. The van der Waals surface area contributed by atoms with Crippen molar-refractivity contribution in [3.63, 3.8) is 0 Å². The van der Waals surface area contributed by atoms with Crippen molar-refractivity contribution in [3.05, 3.63) is 83.5 Å². The minimum absolute atomic E-state index is 0.168. The van der Waals surface area contributed by atoms with Crippen LogP contribution < -0.4 is 5.69 Å². The largest absolute Gasteiger partial charge is 0.329 e. The molecule has 1 aliphatic heterocycles. The monoisotopic (exact) mass is 499 g/mol. The fraction of sp³-hybridized carbons (Fsp3) is 0.222. The summed E-state index contributed by atoms with van der Waals surface area (Å²) in [7, 11) is -1.59. The number of hydrogen-bond donors (Lipinski definition) is 0. The molecular formula is C27H25N5O3S. The molecule has 4 heterocycles. The van der Waals surface area contributed by atoms with Crippen LogP contribution in [0.2, 0.25) is 0 Å². The number of sulfonamides is 1. The first kappa shape index (κ1) is 22.6. The maximum absolute atomic E-state index is 13.3. The summed E-state index contributed by atoms with van der Waals surface area (Å²) in [6.07, 6.45) is 5.37. The van der Waals surface area contributed by atoms with E-state index in [9.17, 15) is 13.2 Å². The molecule has 5 aromatic rings. The van der Waals surface area contributed by atoms with Crippen molar-refractivity contribution in [1.82, 2.24) is 23.4 Å². The molecule has 1 fully saturated rings. The van der Waals surface area contributed by atoms with E-state index in [4.69, 9.17) is 0 Å². The maximum atomic E-state index is 13.3. The van der Waals surface area contributed by atoms with E-state index in [1.165, 1.54) is 10.6 Å². The number of fused-ring (bicyclic) bond motifs is 3. The van der Waals surface area contributed by atoms with Crippen molar-refractivity contribution < 1.29 is 8.42 Å². The van der Waals surface area contributed by atoms with Crippen LogP contribution in [0.5, 0.6) is 0 Å². The highest BCUT2D eigenvalue weighted by molar-refractivity contribution is 7.88. The lowest BCUT2D eigenvalue weighted by atomic mass is 10.0. The highest BCUT2D eigenvalue weighted by atomic mass is 32.2. The molecule has 0 bridgehead atoms. The van der Waals surface area contributed by atoms with Gasteiger partial charge in [-0.1, -0.05) is 42.5 Å². The van der Waals surface area contributed by atoms with Crippen molar-refractivity contribution in [2.75, 3.05) is 19.3 Å². The van der Waals surface area contributed by atoms with Gasteiger partial charge in [-0.15, -0.1) is 0 Å². The van der Waals surface area contributed by atoms with Gasteiger partial charge in [-0.25, -0.2) is 17.5 Å². The third-order valence-electron chi connectivity index (χ3n) is 7.04. The fourth-order valence-corrected chi connectivity index (χ4v) is 5.99. The van der Waals surface area contributed by atoms with Crippen molar-refractivity contribution in [3.8, 4) is 22.4 Å². The highest BCUT2D eigenvalue weighted by Crippen LogP contribution is 2.32. The van der Waals surface area contributed by atoms with Gasteiger partial charge in [0.25, 0.3) is 0 Å². The van der Waals surface area contributed by atoms with Gasteiger partial charge in [-0.05, 0) is 30.2 Å². The summed E-state index contributed by atoms with van der Waals surface area (Å²) in [5.74, 6) is 0. The van der Waals surface area contributed by atoms with Gasteiger partial charge in [0.1, 0.15) is 0 Å². The van der Waals surface area contributed by atoms with Crippen LogP contribution in [0.4, 0.5) is 0 Å². The summed E-state index contributed by atoms with van der Waals surface area (Å²) >= 11 is 0. The Labute approximate surface area is 208 Å². The molecule has 0 N–H and O–H groups in total. The number of aryl methyl sites for hydroxylation is 1. The second-order valence-corrected chi connectivity index (χ2v) is 11.3. The Hall–Kier alpha value is -3.82. The van der Waals surface area contributed by atoms with Gasteiger partial charge < -0.3 is 0 Å². The first-order valence-corrected chi connectivity index (χ1v) is 13.6. The minimum atomic E-state index is -3.32. The Bertz CT molecular complexity index is 1770. The number of hydrogen-bond acceptors (Lipinski definition) is 5. The van der Waals surface area contributed by atoms with Crippen LogP contribution in [0, 0.1) is 0 Å². The number of rotatable bonds is 4. The Kier molecular flexibility index (Phi) is 5.27. The Morgan fingerprint density at radius 3 is 2.39 bits per heavy atom. The van der Waals surface area contributed by atoms with E-state index in [0.717, 1.165) is 44.3 Å². The zero-order valence-corrected chi connectivity index (χ0v) is 20.8. The second-order valence-electron chi connectivity index (χ2n) is 9.30. The van der Waals surface area contributed by atoms with E-state index in [1.807, 2.05) is 66.9 Å². The Balaban J connectivity index is 1.48. The van der Waals surface area contributed by atoms with Crippen LogP contribution in [0.1, 0.15) is 12.5 Å². The van der Waals surface area contributed by atoms with Gasteiger partial charge in [-0.2, -0.15) is 0 Å². The molecule has 9 heteroatoms. The van der Waals surface area contributed by atoms with Crippen molar-refractivity contribution in [2.24, 2.45) is 7.05 Å². The van der Waals surface area contributed by atoms with Gasteiger partial charge in [0.2, 0.25) is 10.0 Å². The van der Waals surface area contributed by atoms with Crippen molar-refractivity contribution in [2.45, 2.75) is 12.5 Å². The molecule has 6 rings (SSSR count). The Morgan fingerprint density at radius 1 is 0.917 bits per heavy atom. The third-order valence-corrected chi connectivity index (χ3v) is 8.31. The normalized spacial score (nSPS) is 16.8. The number of aromatic nitrogens is 4. The lowest BCUT2D eigenvalue weighted by molar-refractivity contribution is 0.454. The van der Waals surface area contributed by atoms with E-state index < -0.39 is 10.0 Å². The fourth-order valence-electron chi connectivity index (χ4n) is 5.11. The number of nitrogens with zero attached hydrogens (tertiary/aromatic N) is 5. The molecular weight excluding hydrogens is 474 g/mol. The van der Waals surface area contributed by atoms with Crippen LogP contribution in [0.3, 0.4) is 0 Å². The molecule has 1 atom stereocenters. The molecule has 1 saturated heterocycles. The van der Waals surface area contributed by atoms with Crippen molar-refractivity contribution in [1.29, 1.82) is 0 Å². The van der Waals surface area contributed by atoms with Crippen LogP contribution in [0.15, 0.2) is 77.9 Å². The quantitative estimate of drug-likeness (QED) is 0.375. The molecule has 0 radical (unpaired) electrons. The van der Waals surface area contributed by atoms with Crippen LogP contribution in [-0.2, 0) is 17.1 Å². The molecule has 1 unspecified atom stereocenters. The smallest absolute Gasteiger partial charge is 0.293 e. The van der Waals surface area contributed by atoms with Gasteiger partial charge >= 0.3 is 5.69 Å². The lowest BCUT2D eigenvalue weighted by Gasteiger charge is -2.15. The average Bonchev–Trinajstić information content (AvgIpc) is 3.48. The van der Waals surface area contributed by atoms with E-state index in [1.54, 1.807) is 22.4 Å².